The number of hydrogen-bond donors (Lipinski definition) is 1. The summed E-state index contributed by atoms with van der Waals surface area (Å²) in [7, 11) is -3.89. The molecule has 1 fully saturated rings. The lowest BCUT2D eigenvalue weighted by Crippen LogP contribution is -2.53. The van der Waals surface area contributed by atoms with Crippen molar-refractivity contribution < 1.29 is 18.0 Å². The Morgan fingerprint density at radius 3 is 2.50 bits per heavy atom. The Balaban J connectivity index is 2.05. The monoisotopic (exact) mass is 415 g/mol. The van der Waals surface area contributed by atoms with Gasteiger partial charge in [0, 0.05) is 12.7 Å². The van der Waals surface area contributed by atoms with Crippen molar-refractivity contribution in [3.05, 3.63) is 72.1 Å². The van der Waals surface area contributed by atoms with Crippen LogP contribution in [0.25, 0.3) is 6.08 Å². The first-order valence-corrected chi connectivity index (χ1v) is 10.1. The van der Waals surface area contributed by atoms with Gasteiger partial charge in [0.05, 0.1) is 10.6 Å². The molecule has 2 amide bonds. The van der Waals surface area contributed by atoms with Crippen molar-refractivity contribution in [2.75, 3.05) is 6.54 Å². The lowest BCUT2D eigenvalue weighted by Gasteiger charge is -2.27. The smallest absolute Gasteiger partial charge is 0.268 e. The number of aryl methyl sites for hydroxylation is 1. The Morgan fingerprint density at radius 1 is 1.18 bits per heavy atom. The van der Waals surface area contributed by atoms with Gasteiger partial charge in [-0.25, -0.2) is 12.4 Å². The van der Waals surface area contributed by atoms with Gasteiger partial charge in [-0.15, -0.1) is 6.58 Å². The Morgan fingerprint density at radius 2 is 1.86 bits per heavy atom. The molecule has 0 radical (unpaired) electrons. The summed E-state index contributed by atoms with van der Waals surface area (Å²) < 4.78 is 26.9. The number of aromatic nitrogens is 1. The molecule has 2 heterocycles. The van der Waals surface area contributed by atoms with Gasteiger partial charge in [-0.2, -0.15) is 0 Å². The van der Waals surface area contributed by atoms with Crippen molar-refractivity contribution in [3.63, 3.8) is 0 Å². The summed E-state index contributed by atoms with van der Waals surface area (Å²) in [6.45, 7) is 5.54. The highest BCUT2D eigenvalue weighted by Crippen LogP contribution is 2.21. The standard InChI is InChI=1S/C19H17N3O4S2/c1-3-10-21-18(24)16(17(23)20-19(21)27)12-14-5-4-11-22(14)28(25,26)15-8-6-13(2)7-9-15/h3-9,11-12H,1,10H2,2H3,(H,20,23,27)/b16-12+. The summed E-state index contributed by atoms with van der Waals surface area (Å²) in [6, 6.07) is 9.43. The molecule has 0 saturated carbocycles. The lowest BCUT2D eigenvalue weighted by atomic mass is 10.1. The van der Waals surface area contributed by atoms with Crippen molar-refractivity contribution in [2.45, 2.75) is 11.8 Å². The van der Waals surface area contributed by atoms with E-state index in [9.17, 15) is 18.0 Å². The lowest BCUT2D eigenvalue weighted by molar-refractivity contribution is -0.128. The van der Waals surface area contributed by atoms with Crippen LogP contribution in [0.5, 0.6) is 0 Å². The topological polar surface area (TPSA) is 88.5 Å². The van der Waals surface area contributed by atoms with Crippen molar-refractivity contribution in [3.8, 4) is 0 Å². The van der Waals surface area contributed by atoms with Crippen LogP contribution >= 0.6 is 12.2 Å². The predicted molar refractivity (Wildman–Crippen MR) is 109 cm³/mol. The Bertz CT molecular complexity index is 1110. The van der Waals surface area contributed by atoms with Crippen molar-refractivity contribution in [1.82, 2.24) is 14.2 Å². The fraction of sp³-hybridized carbons (Fsp3) is 0.105. The van der Waals surface area contributed by atoms with E-state index in [1.165, 1.54) is 47.5 Å². The zero-order valence-corrected chi connectivity index (χ0v) is 16.6. The van der Waals surface area contributed by atoms with Gasteiger partial charge in [0.1, 0.15) is 5.57 Å². The second-order valence-electron chi connectivity index (χ2n) is 6.07. The van der Waals surface area contributed by atoms with E-state index in [2.05, 4.69) is 11.9 Å². The minimum atomic E-state index is -3.89. The van der Waals surface area contributed by atoms with Gasteiger partial charge < -0.3 is 0 Å². The van der Waals surface area contributed by atoms with Crippen molar-refractivity contribution >= 4 is 45.2 Å². The van der Waals surface area contributed by atoms with Crippen LogP contribution in [0.15, 0.2) is 65.7 Å². The third-order valence-electron chi connectivity index (χ3n) is 4.11. The number of benzene rings is 1. The molecule has 7 nitrogen and oxygen atoms in total. The fourth-order valence-corrected chi connectivity index (χ4v) is 4.25. The van der Waals surface area contributed by atoms with E-state index in [0.29, 0.717) is 0 Å². The van der Waals surface area contributed by atoms with E-state index < -0.39 is 21.8 Å². The molecule has 1 N–H and O–H groups in total. The molecule has 9 heteroatoms. The van der Waals surface area contributed by atoms with E-state index in [1.807, 2.05) is 6.92 Å². The number of thiocarbonyl (C=S) groups is 1. The highest BCUT2D eigenvalue weighted by atomic mass is 32.2. The summed E-state index contributed by atoms with van der Waals surface area (Å²) >= 11 is 5.00. The molecule has 0 bridgehead atoms. The summed E-state index contributed by atoms with van der Waals surface area (Å²) in [5.74, 6) is -1.30. The zero-order valence-electron chi connectivity index (χ0n) is 15.0. The number of hydrogen-bond acceptors (Lipinski definition) is 5. The van der Waals surface area contributed by atoms with Gasteiger partial charge in [0.2, 0.25) is 0 Å². The molecular formula is C19H17N3O4S2. The minimum Gasteiger partial charge on any atom is -0.298 e. The first kappa shape index (κ1) is 19.7. The fourth-order valence-electron chi connectivity index (χ4n) is 2.67. The van der Waals surface area contributed by atoms with E-state index in [-0.39, 0.29) is 27.8 Å². The number of carbonyl (C=O) groups is 2. The van der Waals surface area contributed by atoms with E-state index in [0.717, 1.165) is 9.54 Å². The van der Waals surface area contributed by atoms with Crippen LogP contribution in [0.1, 0.15) is 11.3 Å². The SMILES string of the molecule is C=CCN1C(=O)/C(=C/c2cccn2S(=O)(=O)c2ccc(C)cc2)C(=O)NC1=S. The summed E-state index contributed by atoms with van der Waals surface area (Å²) in [6.07, 6.45) is 4.07. The van der Waals surface area contributed by atoms with Crippen molar-refractivity contribution in [1.29, 1.82) is 0 Å². The molecule has 1 aromatic heterocycles. The van der Waals surface area contributed by atoms with E-state index in [4.69, 9.17) is 12.2 Å². The molecular weight excluding hydrogens is 398 g/mol. The van der Waals surface area contributed by atoms with Gasteiger partial charge in [0.25, 0.3) is 21.8 Å². The van der Waals surface area contributed by atoms with Gasteiger partial charge in [-0.3, -0.25) is 19.8 Å². The van der Waals surface area contributed by atoms with Crippen LogP contribution in [0.4, 0.5) is 0 Å². The molecule has 1 saturated heterocycles. The highest BCUT2D eigenvalue weighted by Gasteiger charge is 2.33. The van der Waals surface area contributed by atoms with Crippen LogP contribution < -0.4 is 5.32 Å². The first-order valence-electron chi connectivity index (χ1n) is 8.25. The first-order chi connectivity index (χ1) is 13.3. The van der Waals surface area contributed by atoms with Crippen molar-refractivity contribution in [2.24, 2.45) is 0 Å². The normalized spacial score (nSPS) is 16.4. The molecule has 0 atom stereocenters. The number of rotatable bonds is 5. The summed E-state index contributed by atoms with van der Waals surface area (Å²) in [5.41, 5.74) is 0.886. The van der Waals surface area contributed by atoms with Gasteiger partial charge in [-0.1, -0.05) is 23.8 Å². The Kier molecular flexibility index (Phi) is 5.30. The van der Waals surface area contributed by atoms with Crippen LogP contribution in [0.2, 0.25) is 0 Å². The van der Waals surface area contributed by atoms with Crippen LogP contribution in [0, 0.1) is 6.92 Å². The number of nitrogens with one attached hydrogen (secondary N) is 1. The molecule has 0 aliphatic carbocycles. The third kappa shape index (κ3) is 3.54. The molecule has 1 aromatic carbocycles. The second-order valence-corrected chi connectivity index (χ2v) is 8.27. The maximum Gasteiger partial charge on any atom is 0.268 e. The third-order valence-corrected chi connectivity index (χ3v) is 6.15. The van der Waals surface area contributed by atoms with Crippen LogP contribution in [0.3, 0.4) is 0 Å². The minimum absolute atomic E-state index is 0.0188. The number of carbonyl (C=O) groups excluding carboxylic acids is 2. The van der Waals surface area contributed by atoms with Crippen LogP contribution in [-0.4, -0.2) is 40.8 Å². The molecule has 144 valence electrons. The molecule has 28 heavy (non-hydrogen) atoms. The van der Waals surface area contributed by atoms with Gasteiger partial charge >= 0.3 is 0 Å². The maximum absolute atomic E-state index is 13.0. The number of amides is 2. The van der Waals surface area contributed by atoms with Gasteiger partial charge in [-0.05, 0) is 49.5 Å². The van der Waals surface area contributed by atoms with Crippen LogP contribution in [-0.2, 0) is 19.6 Å². The summed E-state index contributed by atoms with van der Waals surface area (Å²) in [4.78, 5) is 26.2. The second kappa shape index (κ2) is 7.53. The molecule has 3 rings (SSSR count). The molecule has 2 aromatic rings. The average molecular weight is 415 g/mol. The average Bonchev–Trinajstić information content (AvgIpc) is 3.12. The Labute approximate surface area is 168 Å². The zero-order chi connectivity index (χ0) is 20.5. The number of nitrogens with zero attached hydrogens (tertiary/aromatic N) is 2. The predicted octanol–water partition coefficient (Wildman–Crippen LogP) is 1.85. The van der Waals surface area contributed by atoms with E-state index in [1.54, 1.807) is 12.1 Å². The molecule has 0 unspecified atom stereocenters. The molecule has 1 aliphatic rings. The van der Waals surface area contributed by atoms with Gasteiger partial charge in [0.15, 0.2) is 5.11 Å². The highest BCUT2D eigenvalue weighted by molar-refractivity contribution is 7.90. The largest absolute Gasteiger partial charge is 0.298 e. The Hall–Kier alpha value is -3.04. The summed E-state index contributed by atoms with van der Waals surface area (Å²) in [5, 5.41) is 2.41. The van der Waals surface area contributed by atoms with E-state index >= 15 is 0 Å². The quantitative estimate of drug-likeness (QED) is 0.348. The maximum atomic E-state index is 13.0. The molecule has 0 spiro atoms. The molecule has 1 aliphatic heterocycles.